The van der Waals surface area contributed by atoms with Crippen molar-refractivity contribution >= 4 is 26.0 Å². The molecular formula is C13H16BrNO3S. The summed E-state index contributed by atoms with van der Waals surface area (Å²) in [6, 6.07) is 4.85. The van der Waals surface area contributed by atoms with Crippen LogP contribution in [0.5, 0.6) is 5.75 Å². The number of methoxy groups -OCH3 is 1. The second kappa shape index (κ2) is 6.94. The van der Waals surface area contributed by atoms with Crippen LogP contribution in [0, 0.1) is 12.3 Å². The summed E-state index contributed by atoms with van der Waals surface area (Å²) in [5.41, 5.74) is 0. The molecule has 104 valence electrons. The van der Waals surface area contributed by atoms with Crippen molar-refractivity contribution in [3.8, 4) is 18.1 Å². The number of nitrogens with zero attached hydrogens (tertiary/aromatic N) is 1. The minimum absolute atomic E-state index is 0.0475. The topological polar surface area (TPSA) is 46.6 Å². The van der Waals surface area contributed by atoms with Gasteiger partial charge in [-0.05, 0) is 24.6 Å². The molecule has 0 aromatic heterocycles. The highest BCUT2D eigenvalue weighted by molar-refractivity contribution is 9.10. The van der Waals surface area contributed by atoms with Gasteiger partial charge >= 0.3 is 0 Å². The van der Waals surface area contributed by atoms with Crippen LogP contribution >= 0.6 is 15.9 Å². The number of hydrogen-bond acceptors (Lipinski definition) is 3. The van der Waals surface area contributed by atoms with Gasteiger partial charge in [0, 0.05) is 11.0 Å². The lowest BCUT2D eigenvalue weighted by molar-refractivity contribution is 0.395. The van der Waals surface area contributed by atoms with Crippen molar-refractivity contribution in [3.63, 3.8) is 0 Å². The average Bonchev–Trinajstić information content (AvgIpc) is 2.38. The predicted molar refractivity (Wildman–Crippen MR) is 78.6 cm³/mol. The lowest BCUT2D eigenvalue weighted by Gasteiger charge is -2.20. The van der Waals surface area contributed by atoms with Gasteiger partial charge in [-0.1, -0.05) is 28.8 Å². The first-order chi connectivity index (χ1) is 8.97. The highest BCUT2D eigenvalue weighted by Gasteiger charge is 2.26. The third-order valence-corrected chi connectivity index (χ3v) is 4.84. The number of terminal acetylenes is 1. The van der Waals surface area contributed by atoms with E-state index in [4.69, 9.17) is 11.2 Å². The molecule has 1 aromatic carbocycles. The Balaban J connectivity index is 3.32. The van der Waals surface area contributed by atoms with E-state index < -0.39 is 10.0 Å². The van der Waals surface area contributed by atoms with Gasteiger partial charge in [0.2, 0.25) is 10.0 Å². The van der Waals surface area contributed by atoms with Crippen LogP contribution in [0.3, 0.4) is 0 Å². The van der Waals surface area contributed by atoms with Gasteiger partial charge < -0.3 is 4.74 Å². The smallest absolute Gasteiger partial charge is 0.247 e. The first kappa shape index (κ1) is 16.0. The third-order valence-electron chi connectivity index (χ3n) is 2.48. The Morgan fingerprint density at radius 2 is 2.16 bits per heavy atom. The van der Waals surface area contributed by atoms with Crippen molar-refractivity contribution in [2.45, 2.75) is 18.2 Å². The highest BCUT2D eigenvalue weighted by atomic mass is 79.9. The number of sulfonamides is 1. The molecule has 0 aliphatic heterocycles. The van der Waals surface area contributed by atoms with Gasteiger partial charge in [0.25, 0.3) is 0 Å². The van der Waals surface area contributed by atoms with Gasteiger partial charge in [-0.15, -0.1) is 6.42 Å². The fourth-order valence-corrected chi connectivity index (χ4v) is 3.77. The van der Waals surface area contributed by atoms with Gasteiger partial charge in [0.05, 0.1) is 13.7 Å². The van der Waals surface area contributed by atoms with E-state index in [1.807, 2.05) is 6.92 Å². The van der Waals surface area contributed by atoms with E-state index in [0.29, 0.717) is 23.2 Å². The zero-order chi connectivity index (χ0) is 14.5. The first-order valence-electron chi connectivity index (χ1n) is 5.74. The molecule has 0 spiro atoms. The Labute approximate surface area is 122 Å². The summed E-state index contributed by atoms with van der Waals surface area (Å²) in [7, 11) is -2.22. The van der Waals surface area contributed by atoms with Crippen LogP contribution in [0.15, 0.2) is 27.6 Å². The van der Waals surface area contributed by atoms with E-state index in [2.05, 4.69) is 21.9 Å². The number of ether oxygens (including phenoxy) is 1. The van der Waals surface area contributed by atoms with E-state index in [9.17, 15) is 8.42 Å². The summed E-state index contributed by atoms with van der Waals surface area (Å²) in [5.74, 6) is 2.68. The third kappa shape index (κ3) is 3.72. The summed E-state index contributed by atoms with van der Waals surface area (Å²) in [6.07, 6.45) is 5.93. The van der Waals surface area contributed by atoms with Gasteiger partial charge in [0.15, 0.2) is 0 Å². The second-order valence-electron chi connectivity index (χ2n) is 3.84. The molecule has 0 heterocycles. The van der Waals surface area contributed by atoms with Crippen molar-refractivity contribution in [2.75, 3.05) is 20.2 Å². The van der Waals surface area contributed by atoms with Gasteiger partial charge in [-0.25, -0.2) is 8.42 Å². The largest absolute Gasteiger partial charge is 0.495 e. The van der Waals surface area contributed by atoms with Crippen molar-refractivity contribution in [1.29, 1.82) is 0 Å². The summed E-state index contributed by atoms with van der Waals surface area (Å²) >= 11 is 3.27. The van der Waals surface area contributed by atoms with Crippen molar-refractivity contribution < 1.29 is 13.2 Å². The second-order valence-corrected chi connectivity index (χ2v) is 6.66. The summed E-state index contributed by atoms with van der Waals surface area (Å²) in [5, 5.41) is 0. The molecule has 0 atom stereocenters. The molecule has 0 N–H and O–H groups in total. The minimum Gasteiger partial charge on any atom is -0.495 e. The molecule has 0 saturated carbocycles. The van der Waals surface area contributed by atoms with Crippen LogP contribution in [0.25, 0.3) is 0 Å². The number of hydrogen-bond donors (Lipinski definition) is 0. The monoisotopic (exact) mass is 345 g/mol. The molecule has 0 saturated heterocycles. The molecule has 4 nitrogen and oxygen atoms in total. The SMILES string of the molecule is C#CCN(CCC)S(=O)(=O)c1cc(Br)ccc1OC. The van der Waals surface area contributed by atoms with Crippen LogP contribution in [-0.2, 0) is 10.0 Å². The zero-order valence-corrected chi connectivity index (χ0v) is 13.3. The number of benzene rings is 1. The Bertz CT molecular complexity index is 578. The molecule has 19 heavy (non-hydrogen) atoms. The van der Waals surface area contributed by atoms with Crippen molar-refractivity contribution in [1.82, 2.24) is 4.31 Å². The molecule has 0 aliphatic carbocycles. The fourth-order valence-electron chi connectivity index (χ4n) is 1.63. The van der Waals surface area contributed by atoms with Gasteiger partial charge in [-0.3, -0.25) is 0 Å². The van der Waals surface area contributed by atoms with E-state index in [0.717, 1.165) is 0 Å². The molecule has 0 aliphatic rings. The molecule has 0 unspecified atom stereocenters. The quantitative estimate of drug-likeness (QED) is 0.744. The Morgan fingerprint density at radius 3 is 2.68 bits per heavy atom. The molecule has 1 rings (SSSR count). The molecular weight excluding hydrogens is 330 g/mol. The van der Waals surface area contributed by atoms with Gasteiger partial charge in [-0.2, -0.15) is 4.31 Å². The molecule has 0 bridgehead atoms. The number of rotatable bonds is 6. The van der Waals surface area contributed by atoms with Crippen LogP contribution in [0.1, 0.15) is 13.3 Å². The van der Waals surface area contributed by atoms with E-state index >= 15 is 0 Å². The fraction of sp³-hybridized carbons (Fsp3) is 0.385. The maximum atomic E-state index is 12.6. The highest BCUT2D eigenvalue weighted by Crippen LogP contribution is 2.29. The minimum atomic E-state index is -3.65. The van der Waals surface area contributed by atoms with Gasteiger partial charge in [0.1, 0.15) is 10.6 Å². The molecule has 0 amide bonds. The van der Waals surface area contributed by atoms with Crippen LogP contribution in [-0.4, -0.2) is 32.9 Å². The summed E-state index contributed by atoms with van der Waals surface area (Å²) in [4.78, 5) is 0.119. The lowest BCUT2D eigenvalue weighted by atomic mass is 10.3. The molecule has 6 heteroatoms. The van der Waals surface area contributed by atoms with Crippen LogP contribution in [0.2, 0.25) is 0 Å². The van der Waals surface area contributed by atoms with Crippen molar-refractivity contribution in [3.05, 3.63) is 22.7 Å². The zero-order valence-electron chi connectivity index (χ0n) is 10.9. The van der Waals surface area contributed by atoms with E-state index in [-0.39, 0.29) is 11.4 Å². The standard InChI is InChI=1S/C13H16BrNO3S/c1-4-8-15(9-5-2)19(16,17)13-10-11(14)6-7-12(13)18-3/h1,6-7,10H,5,8-9H2,2-3H3. The number of halogens is 1. The first-order valence-corrected chi connectivity index (χ1v) is 7.97. The van der Waals surface area contributed by atoms with Crippen LogP contribution in [0.4, 0.5) is 0 Å². The maximum absolute atomic E-state index is 12.6. The van der Waals surface area contributed by atoms with E-state index in [1.165, 1.54) is 17.5 Å². The van der Waals surface area contributed by atoms with E-state index in [1.54, 1.807) is 12.1 Å². The van der Waals surface area contributed by atoms with Crippen molar-refractivity contribution in [2.24, 2.45) is 0 Å². The Hall–Kier alpha value is -1.03. The molecule has 0 fully saturated rings. The Kier molecular flexibility index (Phi) is 5.85. The summed E-state index contributed by atoms with van der Waals surface area (Å²) in [6.45, 7) is 2.32. The molecule has 0 radical (unpaired) electrons. The lowest BCUT2D eigenvalue weighted by Crippen LogP contribution is -2.32. The molecule has 1 aromatic rings. The predicted octanol–water partition coefficient (Wildman–Crippen LogP) is 2.49. The van der Waals surface area contributed by atoms with Crippen LogP contribution < -0.4 is 4.74 Å². The normalized spacial score (nSPS) is 11.3. The summed E-state index contributed by atoms with van der Waals surface area (Å²) < 4.78 is 32.2. The average molecular weight is 346 g/mol. The Morgan fingerprint density at radius 1 is 1.47 bits per heavy atom. The maximum Gasteiger partial charge on any atom is 0.247 e.